The van der Waals surface area contributed by atoms with Crippen molar-refractivity contribution in [3.8, 4) is 5.75 Å². The lowest BCUT2D eigenvalue weighted by molar-refractivity contribution is -0.160. The first kappa shape index (κ1) is 14.2. The third-order valence-electron chi connectivity index (χ3n) is 2.36. The zero-order valence-corrected chi connectivity index (χ0v) is 10.3. The molecular weight excluding hydrogens is 234 g/mol. The fourth-order valence-corrected chi connectivity index (χ4v) is 1.41. The van der Waals surface area contributed by atoms with Crippen molar-refractivity contribution < 1.29 is 19.4 Å². The largest absolute Gasteiger partial charge is 0.508 e. The summed E-state index contributed by atoms with van der Waals surface area (Å²) in [6, 6.07) is 5.47. The zero-order valence-electron chi connectivity index (χ0n) is 10.3. The summed E-state index contributed by atoms with van der Waals surface area (Å²) < 4.78 is 4.60. The maximum absolute atomic E-state index is 11.5. The van der Waals surface area contributed by atoms with Crippen molar-refractivity contribution in [1.82, 2.24) is 0 Å². The molecule has 0 radical (unpaired) electrons. The molecule has 0 amide bonds. The molecule has 0 spiro atoms. The second kappa shape index (κ2) is 6.76. The summed E-state index contributed by atoms with van der Waals surface area (Å²) in [5, 5.41) is 9.11. The van der Waals surface area contributed by atoms with Gasteiger partial charge in [-0.2, -0.15) is 0 Å². The van der Waals surface area contributed by atoms with E-state index in [-0.39, 0.29) is 18.6 Å². The Morgan fingerprint density at radius 1 is 1.33 bits per heavy atom. The smallest absolute Gasteiger partial charge is 0.330 e. The average Bonchev–Trinajstić information content (AvgIpc) is 2.32. The van der Waals surface area contributed by atoms with Crippen molar-refractivity contribution in [2.45, 2.75) is 32.2 Å². The normalized spacial score (nSPS) is 11.9. The van der Waals surface area contributed by atoms with Gasteiger partial charge in [0, 0.05) is 6.42 Å². The van der Waals surface area contributed by atoms with Gasteiger partial charge in [-0.25, -0.2) is 4.79 Å². The molecule has 18 heavy (non-hydrogen) atoms. The first-order chi connectivity index (χ1) is 8.52. The number of esters is 2. The molecule has 1 aromatic rings. The van der Waals surface area contributed by atoms with Crippen LogP contribution >= 0.6 is 0 Å². The fraction of sp³-hybridized carbons (Fsp3) is 0.385. The molecule has 1 aromatic carbocycles. The lowest BCUT2D eigenvalue weighted by Crippen LogP contribution is -2.35. The number of aromatic hydroxyl groups is 1. The van der Waals surface area contributed by atoms with E-state index in [9.17, 15) is 9.59 Å². The molecule has 0 unspecified atom stereocenters. The molecular formula is C13H17NO4. The summed E-state index contributed by atoms with van der Waals surface area (Å²) in [4.78, 5) is 22.6. The Morgan fingerprint density at radius 2 is 1.94 bits per heavy atom. The van der Waals surface area contributed by atoms with Crippen LogP contribution in [0.15, 0.2) is 24.3 Å². The minimum absolute atomic E-state index is 0.146. The summed E-state index contributed by atoms with van der Waals surface area (Å²) in [5.41, 5.74) is 6.43. The topological polar surface area (TPSA) is 89.6 Å². The maximum atomic E-state index is 11.5. The van der Waals surface area contributed by atoms with Gasteiger partial charge in [-0.1, -0.05) is 19.1 Å². The van der Waals surface area contributed by atoms with Gasteiger partial charge in [0.15, 0.2) is 0 Å². The van der Waals surface area contributed by atoms with Gasteiger partial charge in [-0.15, -0.1) is 0 Å². The second-order valence-electron chi connectivity index (χ2n) is 4.02. The average molecular weight is 251 g/mol. The molecule has 0 bridgehead atoms. The molecule has 0 aromatic heterocycles. The van der Waals surface area contributed by atoms with Gasteiger partial charge in [0.25, 0.3) is 0 Å². The second-order valence-corrected chi connectivity index (χ2v) is 4.02. The summed E-state index contributed by atoms with van der Waals surface area (Å²) >= 11 is 0. The molecule has 1 rings (SSSR count). The minimum atomic E-state index is -0.879. The van der Waals surface area contributed by atoms with E-state index in [0.717, 1.165) is 5.56 Å². The van der Waals surface area contributed by atoms with Gasteiger partial charge >= 0.3 is 11.9 Å². The van der Waals surface area contributed by atoms with Crippen molar-refractivity contribution in [1.29, 1.82) is 0 Å². The van der Waals surface area contributed by atoms with Crippen LogP contribution < -0.4 is 5.73 Å². The molecule has 0 saturated heterocycles. The number of hydrogen-bond acceptors (Lipinski definition) is 5. The van der Waals surface area contributed by atoms with Crippen molar-refractivity contribution in [2.24, 2.45) is 5.73 Å². The van der Waals surface area contributed by atoms with E-state index in [1.54, 1.807) is 12.1 Å². The Bertz CT molecular complexity index is 414. The van der Waals surface area contributed by atoms with Gasteiger partial charge in [-0.05, 0) is 30.5 Å². The van der Waals surface area contributed by atoms with E-state index in [1.807, 2.05) is 6.92 Å². The number of phenols is 1. The predicted octanol–water partition coefficient (Wildman–Crippen LogP) is 1.13. The van der Waals surface area contributed by atoms with Crippen molar-refractivity contribution in [3.63, 3.8) is 0 Å². The van der Waals surface area contributed by atoms with Crippen LogP contribution in [0.3, 0.4) is 0 Å². The minimum Gasteiger partial charge on any atom is -0.508 e. The van der Waals surface area contributed by atoms with Crippen LogP contribution in [0.1, 0.15) is 25.3 Å². The van der Waals surface area contributed by atoms with E-state index >= 15 is 0 Å². The summed E-state index contributed by atoms with van der Waals surface area (Å²) in [6.07, 6.45) is 1.09. The zero-order chi connectivity index (χ0) is 13.5. The molecule has 5 heteroatoms. The van der Waals surface area contributed by atoms with Crippen LogP contribution in [0.5, 0.6) is 5.75 Å². The third kappa shape index (κ3) is 4.55. The Balaban J connectivity index is 2.49. The summed E-state index contributed by atoms with van der Waals surface area (Å²) in [6.45, 7) is 1.82. The molecule has 0 fully saturated rings. The molecule has 0 saturated carbocycles. The molecule has 0 aliphatic rings. The van der Waals surface area contributed by atoms with Crippen LogP contribution in [0.25, 0.3) is 0 Å². The highest BCUT2D eigenvalue weighted by Crippen LogP contribution is 2.11. The standard InChI is InChI=1S/C13H17NO4/c1-2-3-12(16)18-13(17)11(14)8-9-4-6-10(15)7-5-9/h4-7,11,15H,2-3,8,14H2,1H3/t11-/m0/s1. The van der Waals surface area contributed by atoms with Gasteiger partial charge in [-0.3, -0.25) is 4.79 Å². The Morgan fingerprint density at radius 3 is 2.50 bits per heavy atom. The van der Waals surface area contributed by atoms with Crippen molar-refractivity contribution >= 4 is 11.9 Å². The number of phenolic OH excluding ortho intramolecular Hbond substituents is 1. The van der Waals surface area contributed by atoms with Gasteiger partial charge in [0.2, 0.25) is 0 Å². The Hall–Kier alpha value is -1.88. The van der Waals surface area contributed by atoms with Crippen LogP contribution in [-0.2, 0) is 20.7 Å². The first-order valence-electron chi connectivity index (χ1n) is 5.81. The van der Waals surface area contributed by atoms with Crippen LogP contribution in [0.2, 0.25) is 0 Å². The predicted molar refractivity (Wildman–Crippen MR) is 65.8 cm³/mol. The van der Waals surface area contributed by atoms with Gasteiger partial charge < -0.3 is 15.6 Å². The van der Waals surface area contributed by atoms with Gasteiger partial charge in [0.05, 0.1) is 0 Å². The maximum Gasteiger partial charge on any atom is 0.330 e. The quantitative estimate of drug-likeness (QED) is 0.605. The Labute approximate surface area is 106 Å². The first-order valence-corrected chi connectivity index (χ1v) is 5.81. The van der Waals surface area contributed by atoms with E-state index in [0.29, 0.717) is 6.42 Å². The Kier molecular flexibility index (Phi) is 5.32. The molecule has 0 aliphatic heterocycles. The van der Waals surface area contributed by atoms with E-state index in [2.05, 4.69) is 4.74 Å². The molecule has 3 N–H and O–H groups in total. The SMILES string of the molecule is CCCC(=O)OC(=O)[C@@H](N)Cc1ccc(O)cc1. The number of ether oxygens (including phenoxy) is 1. The summed E-state index contributed by atoms with van der Waals surface area (Å²) in [7, 11) is 0. The van der Waals surface area contributed by atoms with Crippen LogP contribution in [-0.4, -0.2) is 23.1 Å². The molecule has 98 valence electrons. The van der Waals surface area contributed by atoms with Crippen molar-refractivity contribution in [2.75, 3.05) is 0 Å². The fourth-order valence-electron chi connectivity index (χ4n) is 1.41. The lowest BCUT2D eigenvalue weighted by atomic mass is 10.1. The number of carbonyl (C=O) groups is 2. The highest BCUT2D eigenvalue weighted by Gasteiger charge is 2.18. The van der Waals surface area contributed by atoms with Crippen LogP contribution in [0.4, 0.5) is 0 Å². The molecule has 0 heterocycles. The highest BCUT2D eigenvalue weighted by atomic mass is 16.6. The van der Waals surface area contributed by atoms with Gasteiger partial charge in [0.1, 0.15) is 11.8 Å². The van der Waals surface area contributed by atoms with Crippen molar-refractivity contribution in [3.05, 3.63) is 29.8 Å². The summed E-state index contributed by atoms with van der Waals surface area (Å²) in [5.74, 6) is -1.13. The highest BCUT2D eigenvalue weighted by molar-refractivity contribution is 5.88. The number of nitrogens with two attached hydrogens (primary N) is 1. The van der Waals surface area contributed by atoms with Crippen LogP contribution in [0, 0.1) is 0 Å². The lowest BCUT2D eigenvalue weighted by Gasteiger charge is -2.10. The number of hydrogen-bond donors (Lipinski definition) is 2. The molecule has 5 nitrogen and oxygen atoms in total. The van der Waals surface area contributed by atoms with E-state index < -0.39 is 18.0 Å². The van der Waals surface area contributed by atoms with E-state index in [1.165, 1.54) is 12.1 Å². The van der Waals surface area contributed by atoms with E-state index in [4.69, 9.17) is 10.8 Å². The molecule has 1 atom stereocenters. The third-order valence-corrected chi connectivity index (χ3v) is 2.36. The monoisotopic (exact) mass is 251 g/mol. The molecule has 0 aliphatic carbocycles. The number of carbonyl (C=O) groups excluding carboxylic acids is 2. The number of rotatable bonds is 5. The number of benzene rings is 1.